The molecule has 0 radical (unpaired) electrons. The van der Waals surface area contributed by atoms with E-state index in [-0.39, 0.29) is 18.0 Å². The maximum Gasteiger partial charge on any atom is 0.357 e. The fourth-order valence-electron chi connectivity index (χ4n) is 3.00. The molecule has 0 amide bonds. The summed E-state index contributed by atoms with van der Waals surface area (Å²) in [6.07, 6.45) is 4.75. The number of rotatable bonds is 3. The number of aromatic nitrogens is 2. The monoisotopic (exact) mass is 378 g/mol. The fourth-order valence-corrected chi connectivity index (χ4v) is 3.36. The molecule has 1 fully saturated rings. The standard InChI is InChI=1S/C17H19BrN2O3/c1-3-10(2)14-5-4-6-15(23-14)20-13-8-7-11(18)9-12(13)16(19-20)17(21)22/h3,7-9,14-15H,4-6H2,1-2H3,(H,21,22)/b10-3+. The van der Waals surface area contributed by atoms with Crippen LogP contribution in [0.5, 0.6) is 0 Å². The van der Waals surface area contributed by atoms with Gasteiger partial charge in [0.25, 0.3) is 0 Å². The molecule has 3 rings (SSSR count). The van der Waals surface area contributed by atoms with Crippen molar-refractivity contribution in [2.45, 2.75) is 45.4 Å². The Kier molecular flexibility index (Phi) is 4.55. The van der Waals surface area contributed by atoms with Gasteiger partial charge in [-0.05, 0) is 56.9 Å². The highest BCUT2D eigenvalue weighted by atomic mass is 79.9. The zero-order chi connectivity index (χ0) is 16.6. The predicted molar refractivity (Wildman–Crippen MR) is 91.6 cm³/mol. The van der Waals surface area contributed by atoms with Gasteiger partial charge in [0.05, 0.1) is 11.6 Å². The molecule has 23 heavy (non-hydrogen) atoms. The summed E-state index contributed by atoms with van der Waals surface area (Å²) in [5, 5.41) is 14.4. The van der Waals surface area contributed by atoms with Gasteiger partial charge in [0.2, 0.25) is 0 Å². The molecule has 2 heterocycles. The van der Waals surface area contributed by atoms with Crippen molar-refractivity contribution in [2.75, 3.05) is 0 Å². The van der Waals surface area contributed by atoms with Gasteiger partial charge in [0.15, 0.2) is 11.9 Å². The lowest BCUT2D eigenvalue weighted by atomic mass is 10.0. The maximum absolute atomic E-state index is 11.5. The van der Waals surface area contributed by atoms with Crippen molar-refractivity contribution < 1.29 is 14.6 Å². The van der Waals surface area contributed by atoms with Gasteiger partial charge >= 0.3 is 5.97 Å². The third-order valence-corrected chi connectivity index (χ3v) is 4.84. The van der Waals surface area contributed by atoms with Crippen LogP contribution in [-0.4, -0.2) is 27.0 Å². The largest absolute Gasteiger partial charge is 0.476 e. The number of aromatic carboxylic acids is 1. The molecule has 1 N–H and O–H groups in total. The highest BCUT2D eigenvalue weighted by molar-refractivity contribution is 9.10. The van der Waals surface area contributed by atoms with Crippen LogP contribution >= 0.6 is 15.9 Å². The normalized spacial score (nSPS) is 22.5. The molecule has 122 valence electrons. The number of hydrogen-bond donors (Lipinski definition) is 1. The van der Waals surface area contributed by atoms with Crippen molar-refractivity contribution in [2.24, 2.45) is 0 Å². The number of benzene rings is 1. The van der Waals surface area contributed by atoms with E-state index < -0.39 is 5.97 Å². The minimum atomic E-state index is -1.02. The molecular weight excluding hydrogens is 360 g/mol. The molecule has 1 aliphatic rings. The second kappa shape index (κ2) is 6.45. The molecule has 6 heteroatoms. The van der Waals surface area contributed by atoms with Crippen molar-refractivity contribution in [1.82, 2.24) is 9.78 Å². The Bertz CT molecular complexity index is 781. The summed E-state index contributed by atoms with van der Waals surface area (Å²) in [7, 11) is 0. The number of halogens is 1. The summed E-state index contributed by atoms with van der Waals surface area (Å²) < 4.78 is 8.74. The van der Waals surface area contributed by atoms with Gasteiger partial charge in [-0.25, -0.2) is 9.48 Å². The zero-order valence-electron chi connectivity index (χ0n) is 13.1. The second-order valence-electron chi connectivity index (χ2n) is 5.80. The lowest BCUT2D eigenvalue weighted by Gasteiger charge is -2.31. The maximum atomic E-state index is 11.5. The summed E-state index contributed by atoms with van der Waals surface area (Å²) in [6, 6.07) is 5.57. The van der Waals surface area contributed by atoms with Crippen LogP contribution in [0.1, 0.15) is 49.8 Å². The first kappa shape index (κ1) is 16.2. The molecular formula is C17H19BrN2O3. The number of fused-ring (bicyclic) bond motifs is 1. The van der Waals surface area contributed by atoms with Crippen LogP contribution in [-0.2, 0) is 4.74 Å². The van der Waals surface area contributed by atoms with Gasteiger partial charge < -0.3 is 9.84 Å². The molecule has 1 aliphatic heterocycles. The van der Waals surface area contributed by atoms with Crippen LogP contribution in [0.3, 0.4) is 0 Å². The van der Waals surface area contributed by atoms with E-state index in [9.17, 15) is 9.90 Å². The first-order valence-corrected chi connectivity index (χ1v) is 8.50. The Morgan fingerprint density at radius 3 is 2.96 bits per heavy atom. The average molecular weight is 379 g/mol. The average Bonchev–Trinajstić information content (AvgIpc) is 2.93. The van der Waals surface area contributed by atoms with E-state index in [1.165, 1.54) is 5.57 Å². The molecule has 1 saturated heterocycles. The number of carboxylic acid groups (broad SMARTS) is 1. The van der Waals surface area contributed by atoms with E-state index in [0.29, 0.717) is 5.39 Å². The summed E-state index contributed by atoms with van der Waals surface area (Å²) >= 11 is 3.39. The van der Waals surface area contributed by atoms with Crippen LogP contribution in [0.15, 0.2) is 34.3 Å². The Labute approximate surface area is 143 Å². The van der Waals surface area contributed by atoms with Gasteiger partial charge in [0, 0.05) is 9.86 Å². The van der Waals surface area contributed by atoms with Gasteiger partial charge in [-0.2, -0.15) is 5.10 Å². The van der Waals surface area contributed by atoms with E-state index in [1.54, 1.807) is 10.7 Å². The molecule has 2 atom stereocenters. The Hall–Kier alpha value is -1.66. The molecule has 2 unspecified atom stereocenters. The minimum absolute atomic E-state index is 0.0646. The van der Waals surface area contributed by atoms with E-state index in [2.05, 4.69) is 34.0 Å². The first-order chi connectivity index (χ1) is 11.0. The van der Waals surface area contributed by atoms with E-state index in [1.807, 2.05) is 19.1 Å². The number of ether oxygens (including phenoxy) is 1. The molecule has 0 bridgehead atoms. The lowest BCUT2D eigenvalue weighted by Crippen LogP contribution is -2.27. The smallest absolute Gasteiger partial charge is 0.357 e. The van der Waals surface area contributed by atoms with Crippen molar-refractivity contribution in [3.05, 3.63) is 40.0 Å². The summed E-state index contributed by atoms with van der Waals surface area (Å²) in [5.74, 6) is -1.02. The topological polar surface area (TPSA) is 64.4 Å². The summed E-state index contributed by atoms with van der Waals surface area (Å²) in [5.41, 5.74) is 2.05. The van der Waals surface area contributed by atoms with Crippen LogP contribution < -0.4 is 0 Å². The Morgan fingerprint density at radius 1 is 1.48 bits per heavy atom. The van der Waals surface area contributed by atoms with Crippen LogP contribution in [0.25, 0.3) is 10.9 Å². The fraction of sp³-hybridized carbons (Fsp3) is 0.412. The van der Waals surface area contributed by atoms with E-state index >= 15 is 0 Å². The van der Waals surface area contributed by atoms with E-state index in [0.717, 1.165) is 29.3 Å². The van der Waals surface area contributed by atoms with Crippen molar-refractivity contribution >= 4 is 32.8 Å². The third kappa shape index (κ3) is 3.05. The van der Waals surface area contributed by atoms with Crippen LogP contribution in [0, 0.1) is 0 Å². The Balaban J connectivity index is 2.04. The Morgan fingerprint density at radius 2 is 2.26 bits per heavy atom. The molecule has 0 saturated carbocycles. The number of nitrogens with zero attached hydrogens (tertiary/aromatic N) is 2. The molecule has 0 spiro atoms. The van der Waals surface area contributed by atoms with Gasteiger partial charge in [-0.3, -0.25) is 0 Å². The highest BCUT2D eigenvalue weighted by Crippen LogP contribution is 2.33. The number of carbonyl (C=O) groups is 1. The molecule has 5 nitrogen and oxygen atoms in total. The number of carboxylic acids is 1. The zero-order valence-corrected chi connectivity index (χ0v) is 14.7. The SMILES string of the molecule is C/C=C(\C)C1CCCC(n2nc(C(=O)O)c3cc(Br)ccc32)O1. The lowest BCUT2D eigenvalue weighted by molar-refractivity contribution is -0.0768. The van der Waals surface area contributed by atoms with E-state index in [4.69, 9.17) is 4.74 Å². The summed E-state index contributed by atoms with van der Waals surface area (Å²) in [4.78, 5) is 11.5. The molecule has 0 aliphatic carbocycles. The minimum Gasteiger partial charge on any atom is -0.476 e. The van der Waals surface area contributed by atoms with Crippen molar-refractivity contribution in [3.63, 3.8) is 0 Å². The molecule has 1 aromatic carbocycles. The van der Waals surface area contributed by atoms with Crippen LogP contribution in [0.4, 0.5) is 0 Å². The van der Waals surface area contributed by atoms with Gasteiger partial charge in [0.1, 0.15) is 0 Å². The van der Waals surface area contributed by atoms with Crippen LogP contribution in [0.2, 0.25) is 0 Å². The molecule has 1 aromatic heterocycles. The highest BCUT2D eigenvalue weighted by Gasteiger charge is 2.28. The summed E-state index contributed by atoms with van der Waals surface area (Å²) in [6.45, 7) is 4.07. The van der Waals surface area contributed by atoms with Crippen molar-refractivity contribution in [3.8, 4) is 0 Å². The van der Waals surface area contributed by atoms with Gasteiger partial charge in [-0.1, -0.05) is 22.0 Å². The number of hydrogen-bond acceptors (Lipinski definition) is 3. The van der Waals surface area contributed by atoms with Gasteiger partial charge in [-0.15, -0.1) is 0 Å². The molecule has 2 aromatic rings. The van der Waals surface area contributed by atoms with Crippen molar-refractivity contribution in [1.29, 1.82) is 0 Å². The quantitative estimate of drug-likeness (QED) is 0.796. The third-order valence-electron chi connectivity index (χ3n) is 4.35. The first-order valence-electron chi connectivity index (χ1n) is 7.70. The second-order valence-corrected chi connectivity index (χ2v) is 6.72. The number of allylic oxidation sites excluding steroid dienone is 1. The predicted octanol–water partition coefficient (Wildman–Crippen LogP) is 4.53.